The summed E-state index contributed by atoms with van der Waals surface area (Å²) in [5, 5.41) is 9.39. The summed E-state index contributed by atoms with van der Waals surface area (Å²) in [6, 6.07) is 16.5. The summed E-state index contributed by atoms with van der Waals surface area (Å²) in [4.78, 5) is 27.6. The second-order valence-corrected chi connectivity index (χ2v) is 8.14. The van der Waals surface area contributed by atoms with Crippen molar-refractivity contribution in [1.82, 2.24) is 9.80 Å². The molecule has 1 fully saturated rings. The van der Waals surface area contributed by atoms with Gasteiger partial charge in [-0.05, 0) is 36.1 Å². The predicted molar refractivity (Wildman–Crippen MR) is 110 cm³/mol. The van der Waals surface area contributed by atoms with Crippen LogP contribution in [0.2, 0.25) is 0 Å². The Bertz CT molecular complexity index is 886. The number of hydrogen-bond donors (Lipinski definition) is 1. The lowest BCUT2D eigenvalue weighted by atomic mass is 9.98. The lowest BCUT2D eigenvalue weighted by Crippen LogP contribution is -2.58. The molecule has 6 nitrogen and oxygen atoms in total. The molecule has 29 heavy (non-hydrogen) atoms. The van der Waals surface area contributed by atoms with Crippen LogP contribution in [0.25, 0.3) is 11.1 Å². The highest BCUT2D eigenvalue weighted by molar-refractivity contribution is 5.79. The molecule has 0 radical (unpaired) electrons. The first kappa shape index (κ1) is 19.5. The number of nitrogens with zero attached hydrogens (tertiary/aromatic N) is 2. The molecule has 1 heterocycles. The van der Waals surface area contributed by atoms with E-state index >= 15 is 0 Å². The third-order valence-electron chi connectivity index (χ3n) is 6.19. The number of ether oxygens (including phenoxy) is 1. The number of rotatable bonds is 4. The highest BCUT2D eigenvalue weighted by Crippen LogP contribution is 2.44. The highest BCUT2D eigenvalue weighted by atomic mass is 16.6. The number of benzene rings is 2. The maximum atomic E-state index is 12.6. The Balaban J connectivity index is 1.39. The molecule has 152 valence electrons. The molecule has 1 aliphatic heterocycles. The first-order chi connectivity index (χ1) is 13.9. The Morgan fingerprint density at radius 3 is 2.00 bits per heavy atom. The van der Waals surface area contributed by atoms with E-state index in [0.717, 1.165) is 0 Å². The van der Waals surface area contributed by atoms with Crippen LogP contribution in [0.5, 0.6) is 0 Å². The number of carboxylic acids is 1. The molecule has 0 atom stereocenters. The van der Waals surface area contributed by atoms with Crippen molar-refractivity contribution in [3.05, 3.63) is 59.7 Å². The van der Waals surface area contributed by atoms with Crippen LogP contribution in [-0.2, 0) is 9.53 Å². The molecule has 0 spiro atoms. The van der Waals surface area contributed by atoms with Crippen molar-refractivity contribution in [2.45, 2.75) is 25.3 Å². The van der Waals surface area contributed by atoms with E-state index in [0.29, 0.717) is 32.8 Å². The van der Waals surface area contributed by atoms with Gasteiger partial charge < -0.3 is 14.7 Å². The molecular weight excluding hydrogens is 368 g/mol. The maximum absolute atomic E-state index is 12.6. The monoisotopic (exact) mass is 394 g/mol. The van der Waals surface area contributed by atoms with Crippen molar-refractivity contribution in [2.24, 2.45) is 0 Å². The number of carboxylic acid groups (broad SMARTS) is 1. The SMILES string of the molecule is CC(C)(C(=O)O)N1CCN(C(=O)OCC2c3ccccc3-c3ccccc32)CC1. The van der Waals surface area contributed by atoms with Gasteiger partial charge in [0.05, 0.1) is 0 Å². The van der Waals surface area contributed by atoms with Crippen LogP contribution in [-0.4, -0.2) is 65.3 Å². The minimum Gasteiger partial charge on any atom is -0.480 e. The Morgan fingerprint density at radius 2 is 1.48 bits per heavy atom. The second-order valence-electron chi connectivity index (χ2n) is 8.14. The third kappa shape index (κ3) is 3.49. The molecule has 1 aliphatic carbocycles. The molecule has 4 rings (SSSR count). The maximum Gasteiger partial charge on any atom is 0.409 e. The van der Waals surface area contributed by atoms with Crippen LogP contribution in [0.4, 0.5) is 4.79 Å². The van der Waals surface area contributed by atoms with Crippen molar-refractivity contribution in [3.63, 3.8) is 0 Å². The predicted octanol–water partition coefficient (Wildman–Crippen LogP) is 3.42. The van der Waals surface area contributed by atoms with Gasteiger partial charge in [0, 0.05) is 32.1 Å². The Hall–Kier alpha value is -2.86. The fourth-order valence-electron chi connectivity index (χ4n) is 4.27. The van der Waals surface area contributed by atoms with Gasteiger partial charge in [-0.15, -0.1) is 0 Å². The highest BCUT2D eigenvalue weighted by Gasteiger charge is 2.37. The van der Waals surface area contributed by atoms with Gasteiger partial charge in [-0.25, -0.2) is 4.79 Å². The topological polar surface area (TPSA) is 70.1 Å². The molecule has 1 saturated heterocycles. The number of aliphatic carboxylic acids is 1. The second kappa shape index (κ2) is 7.52. The zero-order valence-corrected chi connectivity index (χ0v) is 16.8. The normalized spacial score (nSPS) is 17.0. The van der Waals surface area contributed by atoms with Gasteiger partial charge in [-0.3, -0.25) is 9.69 Å². The number of fused-ring (bicyclic) bond motifs is 3. The van der Waals surface area contributed by atoms with E-state index in [1.54, 1.807) is 18.7 Å². The van der Waals surface area contributed by atoms with E-state index in [2.05, 4.69) is 24.3 Å². The largest absolute Gasteiger partial charge is 0.480 e. The summed E-state index contributed by atoms with van der Waals surface area (Å²) in [7, 11) is 0. The fourth-order valence-corrected chi connectivity index (χ4v) is 4.27. The van der Waals surface area contributed by atoms with Gasteiger partial charge in [-0.2, -0.15) is 0 Å². The smallest absolute Gasteiger partial charge is 0.409 e. The standard InChI is InChI=1S/C23H26N2O4/c1-23(2,21(26)27)25-13-11-24(12-14-25)22(28)29-15-20-18-9-5-3-7-16(18)17-8-4-6-10-19(17)20/h3-10,20H,11-15H2,1-2H3,(H,26,27). The summed E-state index contributed by atoms with van der Waals surface area (Å²) in [5.41, 5.74) is 3.85. The number of amides is 1. The Kier molecular flexibility index (Phi) is 5.04. The lowest BCUT2D eigenvalue weighted by Gasteiger charge is -2.41. The fraction of sp³-hybridized carbons (Fsp3) is 0.391. The van der Waals surface area contributed by atoms with Crippen molar-refractivity contribution in [1.29, 1.82) is 0 Å². The number of hydrogen-bond acceptors (Lipinski definition) is 4. The molecule has 2 aromatic rings. The van der Waals surface area contributed by atoms with Gasteiger partial charge in [0.1, 0.15) is 12.1 Å². The van der Waals surface area contributed by atoms with Gasteiger partial charge in [0.15, 0.2) is 0 Å². The molecule has 0 aromatic heterocycles. The van der Waals surface area contributed by atoms with Crippen LogP contribution in [0, 0.1) is 0 Å². The number of carbonyl (C=O) groups excluding carboxylic acids is 1. The van der Waals surface area contributed by atoms with Gasteiger partial charge in [0.2, 0.25) is 0 Å². The van der Waals surface area contributed by atoms with E-state index < -0.39 is 11.5 Å². The average Bonchev–Trinajstić information content (AvgIpc) is 3.06. The molecule has 2 aliphatic rings. The third-order valence-corrected chi connectivity index (χ3v) is 6.19. The number of carbonyl (C=O) groups is 2. The van der Waals surface area contributed by atoms with Crippen LogP contribution >= 0.6 is 0 Å². The zero-order valence-electron chi connectivity index (χ0n) is 16.8. The first-order valence-electron chi connectivity index (χ1n) is 9.98. The van der Waals surface area contributed by atoms with E-state index in [4.69, 9.17) is 4.74 Å². The van der Waals surface area contributed by atoms with Crippen LogP contribution in [0.1, 0.15) is 30.9 Å². The van der Waals surface area contributed by atoms with Crippen molar-refractivity contribution < 1.29 is 19.4 Å². The van der Waals surface area contributed by atoms with Crippen molar-refractivity contribution in [2.75, 3.05) is 32.8 Å². The van der Waals surface area contributed by atoms with E-state index in [-0.39, 0.29) is 12.0 Å². The molecule has 1 N–H and O–H groups in total. The average molecular weight is 394 g/mol. The zero-order chi connectivity index (χ0) is 20.6. The van der Waals surface area contributed by atoms with E-state index in [1.165, 1.54) is 22.3 Å². The molecule has 2 aromatic carbocycles. The summed E-state index contributed by atoms with van der Waals surface area (Å²) >= 11 is 0. The number of piperazine rings is 1. The van der Waals surface area contributed by atoms with E-state index in [9.17, 15) is 14.7 Å². The molecule has 6 heteroatoms. The van der Waals surface area contributed by atoms with Crippen LogP contribution in [0.3, 0.4) is 0 Å². The summed E-state index contributed by atoms with van der Waals surface area (Å²) in [6.07, 6.45) is -0.334. The molecule has 1 amide bonds. The van der Waals surface area contributed by atoms with Gasteiger partial charge in [-0.1, -0.05) is 48.5 Å². The molecular formula is C23H26N2O4. The summed E-state index contributed by atoms with van der Waals surface area (Å²) in [5.74, 6) is -0.814. The molecule has 0 bridgehead atoms. The quantitative estimate of drug-likeness (QED) is 0.861. The lowest BCUT2D eigenvalue weighted by molar-refractivity contribution is -0.150. The van der Waals surface area contributed by atoms with Crippen LogP contribution in [0.15, 0.2) is 48.5 Å². The Labute approximate surface area is 170 Å². The first-order valence-corrected chi connectivity index (χ1v) is 9.98. The molecule has 0 saturated carbocycles. The van der Waals surface area contributed by atoms with E-state index in [1.807, 2.05) is 29.2 Å². The molecule has 0 unspecified atom stereocenters. The Morgan fingerprint density at radius 1 is 0.966 bits per heavy atom. The minimum atomic E-state index is -0.937. The van der Waals surface area contributed by atoms with Gasteiger partial charge in [0.25, 0.3) is 0 Å². The van der Waals surface area contributed by atoms with Crippen molar-refractivity contribution >= 4 is 12.1 Å². The van der Waals surface area contributed by atoms with Crippen molar-refractivity contribution in [3.8, 4) is 11.1 Å². The van der Waals surface area contributed by atoms with Crippen LogP contribution < -0.4 is 0 Å². The minimum absolute atomic E-state index is 0.0404. The van der Waals surface area contributed by atoms with Gasteiger partial charge >= 0.3 is 12.1 Å². The summed E-state index contributed by atoms with van der Waals surface area (Å²) in [6.45, 7) is 5.65. The summed E-state index contributed by atoms with van der Waals surface area (Å²) < 4.78 is 5.70.